The van der Waals surface area contributed by atoms with Gasteiger partial charge in [-0.2, -0.15) is 0 Å². The van der Waals surface area contributed by atoms with E-state index in [1.54, 1.807) is 6.92 Å². The minimum Gasteiger partial charge on any atom is -0.480 e. The van der Waals surface area contributed by atoms with E-state index in [0.29, 0.717) is 24.9 Å². The molecule has 0 heterocycles. The van der Waals surface area contributed by atoms with Gasteiger partial charge in [0.05, 0.1) is 18.8 Å². The zero-order chi connectivity index (χ0) is 20.0. The van der Waals surface area contributed by atoms with Crippen molar-refractivity contribution in [1.29, 1.82) is 0 Å². The number of carbonyl (C=O) groups is 1. The summed E-state index contributed by atoms with van der Waals surface area (Å²) in [5.74, 6) is 5.84. The smallest absolute Gasteiger partial charge is 0.329 e. The summed E-state index contributed by atoms with van der Waals surface area (Å²) in [6.45, 7) is 5.95. The van der Waals surface area contributed by atoms with Gasteiger partial charge < -0.3 is 20.1 Å². The van der Waals surface area contributed by atoms with Crippen molar-refractivity contribution in [3.63, 3.8) is 0 Å². The van der Waals surface area contributed by atoms with Gasteiger partial charge in [-0.3, -0.25) is 0 Å². The van der Waals surface area contributed by atoms with Gasteiger partial charge in [-0.05, 0) is 37.5 Å². The average molecular weight is 376 g/mol. The van der Waals surface area contributed by atoms with Crippen molar-refractivity contribution in [2.24, 2.45) is 29.6 Å². The molecule has 7 atom stereocenters. The first-order valence-electron chi connectivity index (χ1n) is 9.77. The number of fused-ring (bicyclic) bond motifs is 1. The number of aliphatic hydroxyl groups is 2. The van der Waals surface area contributed by atoms with Crippen molar-refractivity contribution in [2.75, 3.05) is 13.2 Å². The molecule has 2 rings (SSSR count). The summed E-state index contributed by atoms with van der Waals surface area (Å²) in [7, 11) is 0. The summed E-state index contributed by atoms with van der Waals surface area (Å²) in [6, 6.07) is 0. The van der Waals surface area contributed by atoms with Crippen LogP contribution in [0.25, 0.3) is 0 Å². The summed E-state index contributed by atoms with van der Waals surface area (Å²) in [5.41, 5.74) is 1.29. The second-order valence-corrected chi connectivity index (χ2v) is 7.95. The van der Waals surface area contributed by atoms with E-state index in [1.807, 2.05) is 19.1 Å². The summed E-state index contributed by atoms with van der Waals surface area (Å²) in [4.78, 5) is 10.6. The highest BCUT2D eigenvalue weighted by molar-refractivity contribution is 5.67. The third-order valence-corrected chi connectivity index (χ3v) is 5.84. The van der Waals surface area contributed by atoms with E-state index in [1.165, 1.54) is 5.57 Å². The third-order valence-electron chi connectivity index (χ3n) is 5.84. The van der Waals surface area contributed by atoms with Crippen LogP contribution in [0.1, 0.15) is 40.0 Å². The Labute approximate surface area is 162 Å². The molecule has 0 aromatic carbocycles. The largest absolute Gasteiger partial charge is 0.480 e. The molecule has 5 heteroatoms. The van der Waals surface area contributed by atoms with E-state index in [9.17, 15) is 15.0 Å². The Morgan fingerprint density at radius 3 is 2.85 bits per heavy atom. The van der Waals surface area contributed by atoms with E-state index in [2.05, 4.69) is 24.8 Å². The van der Waals surface area contributed by atoms with Crippen molar-refractivity contribution in [3.05, 3.63) is 23.8 Å². The van der Waals surface area contributed by atoms with Gasteiger partial charge in [-0.25, -0.2) is 4.79 Å². The molecule has 0 saturated heterocycles. The molecule has 2 aliphatic carbocycles. The number of hydrogen-bond donors (Lipinski definition) is 3. The van der Waals surface area contributed by atoms with Crippen LogP contribution in [-0.4, -0.2) is 46.7 Å². The monoisotopic (exact) mass is 376 g/mol. The second kappa shape index (κ2) is 10.1. The van der Waals surface area contributed by atoms with Crippen LogP contribution in [0.15, 0.2) is 23.8 Å². The highest BCUT2D eigenvalue weighted by Gasteiger charge is 2.44. The average Bonchev–Trinajstić information content (AvgIpc) is 3.14. The van der Waals surface area contributed by atoms with Crippen molar-refractivity contribution in [3.8, 4) is 11.8 Å². The highest BCUT2D eigenvalue weighted by atomic mass is 16.5. The van der Waals surface area contributed by atoms with Crippen LogP contribution < -0.4 is 0 Å². The molecule has 0 aliphatic heterocycles. The van der Waals surface area contributed by atoms with E-state index in [4.69, 9.17) is 9.84 Å². The molecule has 0 aromatic heterocycles. The number of aliphatic carboxylic acids is 1. The standard InChI is InChI=1S/C22H32O5/c1-4-5-6-14(2)20(23)8-7-18-19-10-16(9-17(19)11-21(18)24)15(3)12-27-13-22(25)26/h7-9,14-15,17-21,23-24H,6,10-13H2,1-3H3,(H,25,26)/b8-7+/t14?,15?,17?,18-,19?,20?,21+/m0/s1. The quantitative estimate of drug-likeness (QED) is 0.425. The molecule has 2 aliphatic rings. The molecule has 0 amide bonds. The van der Waals surface area contributed by atoms with Crippen LogP contribution in [0.3, 0.4) is 0 Å². The third kappa shape index (κ3) is 5.93. The van der Waals surface area contributed by atoms with Crippen LogP contribution in [-0.2, 0) is 9.53 Å². The maximum absolute atomic E-state index is 10.6. The predicted octanol–water partition coefficient (Wildman–Crippen LogP) is 2.63. The topological polar surface area (TPSA) is 87.0 Å². The molecule has 1 saturated carbocycles. The number of rotatable bonds is 9. The Hall–Kier alpha value is -1.61. The molecule has 5 unspecified atom stereocenters. The lowest BCUT2D eigenvalue weighted by Crippen LogP contribution is -2.20. The van der Waals surface area contributed by atoms with Crippen LogP contribution >= 0.6 is 0 Å². The van der Waals surface area contributed by atoms with Crippen LogP contribution in [0.4, 0.5) is 0 Å². The van der Waals surface area contributed by atoms with Crippen LogP contribution in [0, 0.1) is 41.4 Å². The lowest BCUT2D eigenvalue weighted by molar-refractivity contribution is -0.142. The van der Waals surface area contributed by atoms with E-state index in [0.717, 1.165) is 12.8 Å². The van der Waals surface area contributed by atoms with E-state index < -0.39 is 12.1 Å². The zero-order valence-electron chi connectivity index (χ0n) is 16.5. The van der Waals surface area contributed by atoms with Crippen molar-refractivity contribution >= 4 is 5.97 Å². The minimum absolute atomic E-state index is 0.0370. The molecule has 150 valence electrons. The lowest BCUT2D eigenvalue weighted by Gasteiger charge is -2.21. The number of carboxylic acid groups (broad SMARTS) is 1. The first-order valence-corrected chi connectivity index (χ1v) is 9.77. The normalized spacial score (nSPS) is 30.3. The number of aliphatic hydroxyl groups excluding tert-OH is 2. The van der Waals surface area contributed by atoms with Crippen molar-refractivity contribution in [1.82, 2.24) is 0 Å². The molecule has 3 N–H and O–H groups in total. The Bertz CT molecular complexity index is 626. The Morgan fingerprint density at radius 2 is 2.19 bits per heavy atom. The van der Waals surface area contributed by atoms with Crippen LogP contribution in [0.2, 0.25) is 0 Å². The molecular weight excluding hydrogens is 344 g/mol. The Morgan fingerprint density at radius 1 is 1.44 bits per heavy atom. The lowest BCUT2D eigenvalue weighted by atomic mass is 9.87. The minimum atomic E-state index is -0.953. The van der Waals surface area contributed by atoms with Gasteiger partial charge in [0.15, 0.2) is 0 Å². The fourth-order valence-electron chi connectivity index (χ4n) is 4.16. The van der Waals surface area contributed by atoms with Gasteiger partial charge in [0.2, 0.25) is 0 Å². The number of ether oxygens (including phenoxy) is 1. The summed E-state index contributed by atoms with van der Waals surface area (Å²) >= 11 is 0. The molecular formula is C22H32O5. The molecule has 0 spiro atoms. The van der Waals surface area contributed by atoms with Gasteiger partial charge in [0, 0.05) is 18.3 Å². The summed E-state index contributed by atoms with van der Waals surface area (Å²) in [6.07, 6.45) is 7.38. The molecule has 0 radical (unpaired) electrons. The zero-order valence-corrected chi connectivity index (χ0v) is 16.5. The predicted molar refractivity (Wildman–Crippen MR) is 104 cm³/mol. The van der Waals surface area contributed by atoms with Gasteiger partial charge >= 0.3 is 5.97 Å². The van der Waals surface area contributed by atoms with E-state index in [-0.39, 0.29) is 30.5 Å². The fraction of sp³-hybridized carbons (Fsp3) is 0.682. The van der Waals surface area contributed by atoms with Gasteiger partial charge in [-0.15, -0.1) is 11.8 Å². The maximum Gasteiger partial charge on any atom is 0.329 e. The Kier molecular flexibility index (Phi) is 8.09. The Balaban J connectivity index is 1.91. The number of carboxylic acids is 1. The van der Waals surface area contributed by atoms with Gasteiger partial charge in [0.25, 0.3) is 0 Å². The first-order chi connectivity index (χ1) is 12.8. The van der Waals surface area contributed by atoms with Crippen molar-refractivity contribution in [2.45, 2.75) is 52.2 Å². The van der Waals surface area contributed by atoms with Gasteiger partial charge in [0.1, 0.15) is 6.61 Å². The van der Waals surface area contributed by atoms with Gasteiger partial charge in [-0.1, -0.05) is 37.6 Å². The highest BCUT2D eigenvalue weighted by Crippen LogP contribution is 2.48. The molecule has 0 bridgehead atoms. The number of hydrogen-bond acceptors (Lipinski definition) is 4. The van der Waals surface area contributed by atoms with Crippen molar-refractivity contribution < 1.29 is 24.9 Å². The molecule has 5 nitrogen and oxygen atoms in total. The fourth-order valence-corrected chi connectivity index (χ4v) is 4.16. The molecule has 0 aromatic rings. The molecule has 1 fully saturated rings. The maximum atomic E-state index is 10.6. The SMILES string of the molecule is CC#CCC(C)C(O)/C=C/[C@H]1C2CC(C(C)COCC(=O)O)=CC2C[C@H]1O. The molecule has 27 heavy (non-hydrogen) atoms. The summed E-state index contributed by atoms with van der Waals surface area (Å²) in [5, 5.41) is 29.4. The van der Waals surface area contributed by atoms with E-state index >= 15 is 0 Å². The second-order valence-electron chi connectivity index (χ2n) is 7.95. The van der Waals surface area contributed by atoms with Crippen LogP contribution in [0.5, 0.6) is 0 Å². The summed E-state index contributed by atoms with van der Waals surface area (Å²) < 4.78 is 5.23. The number of allylic oxidation sites excluding steroid dienone is 1. The first kappa shape index (κ1) is 21.7.